The summed E-state index contributed by atoms with van der Waals surface area (Å²) in [5, 5.41) is 24.9. The molecule has 9 N–H and O–H groups in total. The quantitative estimate of drug-likeness (QED) is 0.117. The predicted octanol–water partition coefficient (Wildman–Crippen LogP) is -2.43. The number of rotatable bonds is 15. The van der Waals surface area contributed by atoms with Crippen LogP contribution in [0.4, 0.5) is 0 Å². The summed E-state index contributed by atoms with van der Waals surface area (Å²) < 4.78 is 0. The van der Waals surface area contributed by atoms with E-state index in [9.17, 15) is 33.9 Å². The summed E-state index contributed by atoms with van der Waals surface area (Å²) in [6.07, 6.45) is -1.11. The molecule has 0 fully saturated rings. The monoisotopic (exact) mass is 477 g/mol. The third kappa shape index (κ3) is 11.5. The highest BCUT2D eigenvalue weighted by molar-refractivity contribution is 7.80. The molecule has 0 aromatic rings. The van der Waals surface area contributed by atoms with Crippen LogP contribution in [-0.4, -0.2) is 75.7 Å². The molecule has 0 aliphatic heterocycles. The maximum Gasteiger partial charge on any atom is 0.326 e. The van der Waals surface area contributed by atoms with Crippen LogP contribution in [0.15, 0.2) is 0 Å². The molecule has 0 saturated heterocycles. The lowest BCUT2D eigenvalue weighted by Gasteiger charge is -2.25. The summed E-state index contributed by atoms with van der Waals surface area (Å²) in [6, 6.07) is -5.09. The zero-order valence-corrected chi connectivity index (χ0v) is 18.8. The highest BCUT2D eigenvalue weighted by atomic mass is 32.1. The van der Waals surface area contributed by atoms with Crippen LogP contribution in [0.2, 0.25) is 0 Å². The van der Waals surface area contributed by atoms with Gasteiger partial charge in [0.25, 0.3) is 0 Å². The van der Waals surface area contributed by atoms with Crippen molar-refractivity contribution in [2.24, 2.45) is 17.4 Å². The van der Waals surface area contributed by atoms with E-state index in [4.69, 9.17) is 16.6 Å². The molecular weight excluding hydrogens is 446 g/mol. The third-order valence-corrected chi connectivity index (χ3v) is 4.54. The van der Waals surface area contributed by atoms with Gasteiger partial charge in [-0.15, -0.1) is 0 Å². The van der Waals surface area contributed by atoms with Crippen molar-refractivity contribution in [2.75, 3.05) is 5.75 Å². The number of aliphatic carboxylic acids is 2. The summed E-state index contributed by atoms with van der Waals surface area (Å²) in [5.41, 5.74) is 10.5. The average molecular weight is 478 g/mol. The van der Waals surface area contributed by atoms with E-state index in [0.717, 1.165) is 0 Å². The second-order valence-electron chi connectivity index (χ2n) is 7.54. The topological polar surface area (TPSA) is 231 Å². The minimum atomic E-state index is -1.46. The fourth-order valence-electron chi connectivity index (χ4n) is 2.56. The van der Waals surface area contributed by atoms with E-state index in [1.54, 1.807) is 13.8 Å². The molecule has 4 amide bonds. The predicted molar refractivity (Wildman–Crippen MR) is 115 cm³/mol. The average Bonchev–Trinajstić information content (AvgIpc) is 2.66. The van der Waals surface area contributed by atoms with E-state index in [2.05, 4.69) is 28.6 Å². The molecule has 0 aromatic heterocycles. The van der Waals surface area contributed by atoms with Crippen molar-refractivity contribution in [1.82, 2.24) is 16.0 Å². The second-order valence-corrected chi connectivity index (χ2v) is 7.91. The summed E-state index contributed by atoms with van der Waals surface area (Å²) in [7, 11) is 0. The van der Waals surface area contributed by atoms with E-state index in [1.165, 1.54) is 0 Å². The Morgan fingerprint density at radius 3 is 1.81 bits per heavy atom. The van der Waals surface area contributed by atoms with Gasteiger partial charge < -0.3 is 37.6 Å². The van der Waals surface area contributed by atoms with Crippen LogP contribution < -0.4 is 27.4 Å². The van der Waals surface area contributed by atoms with Gasteiger partial charge in [0.2, 0.25) is 23.6 Å². The molecule has 13 nitrogen and oxygen atoms in total. The van der Waals surface area contributed by atoms with E-state index < -0.39 is 72.6 Å². The SMILES string of the molecule is CC(C)CC(NC(=O)C(CS)NC(=O)C(N)CC(N)=O)C(=O)NC(CCC(=O)O)C(=O)O. The molecule has 182 valence electrons. The van der Waals surface area contributed by atoms with Gasteiger partial charge in [-0.1, -0.05) is 13.8 Å². The smallest absolute Gasteiger partial charge is 0.326 e. The molecule has 0 rings (SSSR count). The first-order chi connectivity index (χ1) is 14.8. The fraction of sp³-hybridized carbons (Fsp3) is 0.667. The minimum absolute atomic E-state index is 0.0821. The van der Waals surface area contributed by atoms with Gasteiger partial charge in [-0.2, -0.15) is 12.6 Å². The van der Waals surface area contributed by atoms with E-state index in [0.29, 0.717) is 0 Å². The van der Waals surface area contributed by atoms with E-state index >= 15 is 0 Å². The van der Waals surface area contributed by atoms with E-state index in [-0.39, 0.29) is 24.5 Å². The number of carbonyl (C=O) groups is 6. The largest absolute Gasteiger partial charge is 0.481 e. The summed E-state index contributed by atoms with van der Waals surface area (Å²) >= 11 is 4.00. The molecule has 0 spiro atoms. The van der Waals surface area contributed by atoms with Gasteiger partial charge >= 0.3 is 11.9 Å². The van der Waals surface area contributed by atoms with Crippen molar-refractivity contribution in [3.63, 3.8) is 0 Å². The number of hydrogen-bond donors (Lipinski definition) is 8. The highest BCUT2D eigenvalue weighted by Gasteiger charge is 2.30. The van der Waals surface area contributed by atoms with Gasteiger partial charge in [-0.3, -0.25) is 24.0 Å². The van der Waals surface area contributed by atoms with Gasteiger partial charge in [0.15, 0.2) is 0 Å². The lowest BCUT2D eigenvalue weighted by atomic mass is 10.0. The number of carboxylic acid groups (broad SMARTS) is 2. The van der Waals surface area contributed by atoms with Crippen LogP contribution in [0, 0.1) is 5.92 Å². The summed E-state index contributed by atoms with van der Waals surface area (Å²) in [5.74, 6) is -6.10. The molecule has 0 bridgehead atoms. The Hall–Kier alpha value is -2.87. The van der Waals surface area contributed by atoms with Crippen molar-refractivity contribution in [2.45, 2.75) is 63.7 Å². The van der Waals surface area contributed by atoms with Gasteiger partial charge in [0.05, 0.1) is 12.5 Å². The zero-order chi connectivity index (χ0) is 25.0. The molecule has 14 heteroatoms. The molecule has 0 saturated carbocycles. The Morgan fingerprint density at radius 2 is 1.38 bits per heavy atom. The van der Waals surface area contributed by atoms with Crippen molar-refractivity contribution in [3.8, 4) is 0 Å². The molecule has 4 unspecified atom stereocenters. The molecule has 0 aliphatic carbocycles. The van der Waals surface area contributed by atoms with Crippen LogP contribution in [0.3, 0.4) is 0 Å². The first kappa shape index (κ1) is 29.1. The maximum absolute atomic E-state index is 12.6. The number of hydrogen-bond acceptors (Lipinski definition) is 8. The van der Waals surface area contributed by atoms with Gasteiger partial charge in [-0.05, 0) is 18.8 Å². The molecular formula is C18H31N5O8S. The van der Waals surface area contributed by atoms with Gasteiger partial charge in [-0.25, -0.2) is 4.79 Å². The van der Waals surface area contributed by atoms with Crippen molar-refractivity contribution >= 4 is 48.2 Å². The number of amides is 4. The molecule has 0 aromatic carbocycles. The Bertz CT molecular complexity index is 717. The summed E-state index contributed by atoms with van der Waals surface area (Å²) in [4.78, 5) is 70.2. The Kier molecular flexibility index (Phi) is 13.0. The van der Waals surface area contributed by atoms with Crippen LogP contribution in [0.1, 0.15) is 39.5 Å². The Balaban J connectivity index is 5.28. The van der Waals surface area contributed by atoms with Crippen molar-refractivity contribution < 1.29 is 39.0 Å². The number of nitrogens with two attached hydrogens (primary N) is 2. The van der Waals surface area contributed by atoms with Crippen LogP contribution in [0.25, 0.3) is 0 Å². The van der Waals surface area contributed by atoms with Crippen LogP contribution in [0.5, 0.6) is 0 Å². The molecule has 0 heterocycles. The molecule has 4 atom stereocenters. The Labute approximate surface area is 190 Å². The van der Waals surface area contributed by atoms with Gasteiger partial charge in [0, 0.05) is 12.2 Å². The normalized spacial score (nSPS) is 14.5. The zero-order valence-electron chi connectivity index (χ0n) is 17.9. The lowest BCUT2D eigenvalue weighted by molar-refractivity contribution is -0.143. The van der Waals surface area contributed by atoms with Crippen LogP contribution >= 0.6 is 12.6 Å². The van der Waals surface area contributed by atoms with E-state index in [1.807, 2.05) is 0 Å². The molecule has 32 heavy (non-hydrogen) atoms. The third-order valence-electron chi connectivity index (χ3n) is 4.17. The van der Waals surface area contributed by atoms with Crippen molar-refractivity contribution in [3.05, 3.63) is 0 Å². The Morgan fingerprint density at radius 1 is 0.875 bits per heavy atom. The maximum atomic E-state index is 12.6. The number of thiol groups is 1. The number of carbonyl (C=O) groups excluding carboxylic acids is 4. The first-order valence-corrected chi connectivity index (χ1v) is 10.4. The van der Waals surface area contributed by atoms with Gasteiger partial charge in [0.1, 0.15) is 18.1 Å². The first-order valence-electron chi connectivity index (χ1n) is 9.78. The number of carboxylic acids is 2. The minimum Gasteiger partial charge on any atom is -0.481 e. The van der Waals surface area contributed by atoms with Crippen molar-refractivity contribution in [1.29, 1.82) is 0 Å². The van der Waals surface area contributed by atoms with Crippen LogP contribution in [-0.2, 0) is 28.8 Å². The molecule has 0 aliphatic rings. The summed E-state index contributed by atoms with van der Waals surface area (Å²) in [6.45, 7) is 3.54. The molecule has 0 radical (unpaired) electrons. The fourth-order valence-corrected chi connectivity index (χ4v) is 2.81. The standard InChI is InChI=1S/C18H31N5O8S/c1-8(2)5-11(16(28)21-10(18(30)31)3-4-14(25)26)22-17(29)12(7-32)23-15(27)9(19)6-13(20)24/h8-12,32H,3-7,19H2,1-2H3,(H2,20,24)(H,21,28)(H,22,29)(H,23,27)(H,25,26)(H,30,31). The second kappa shape index (κ2) is 14.2. The number of nitrogens with one attached hydrogen (secondary N) is 3. The lowest BCUT2D eigenvalue weighted by Crippen LogP contribution is -2.58. The number of primary amides is 1. The highest BCUT2D eigenvalue weighted by Crippen LogP contribution is 2.08.